The molecular formula is C27H33FN8O2. The molecule has 38 heavy (non-hydrogen) atoms. The summed E-state index contributed by atoms with van der Waals surface area (Å²) in [5.41, 5.74) is 1.39. The summed E-state index contributed by atoms with van der Waals surface area (Å²) in [7, 11) is 0. The van der Waals surface area contributed by atoms with Gasteiger partial charge in [0.1, 0.15) is 23.1 Å². The van der Waals surface area contributed by atoms with Crippen molar-refractivity contribution >= 4 is 17.7 Å². The predicted molar refractivity (Wildman–Crippen MR) is 141 cm³/mol. The average molecular weight is 521 g/mol. The van der Waals surface area contributed by atoms with E-state index in [1.54, 1.807) is 18.5 Å². The molecule has 11 heteroatoms. The van der Waals surface area contributed by atoms with Crippen molar-refractivity contribution in [3.8, 4) is 11.6 Å². The van der Waals surface area contributed by atoms with Crippen molar-refractivity contribution in [2.24, 2.45) is 0 Å². The molecule has 2 aliphatic rings. The standard InChI is InChI=1S/C27H33FN8O2/c1-17-20-16-31-25(24-29-9-5-10-30-24)33-21(20)8-13-36(17)23-15-18(28)14-22(34-23)35-11-6-19(7-12-35)32-26(37)38-27(2,3)4/h5,9-10,14-17,19H,6-8,11-13H2,1-4H3,(H,32,37). The van der Waals surface area contributed by atoms with Crippen LogP contribution in [0.4, 0.5) is 20.8 Å². The number of alkyl carbamates (subject to hydrolysis) is 1. The van der Waals surface area contributed by atoms with Gasteiger partial charge in [-0.05, 0) is 46.6 Å². The highest BCUT2D eigenvalue weighted by Crippen LogP contribution is 2.34. The maximum Gasteiger partial charge on any atom is 0.407 e. The van der Waals surface area contributed by atoms with Gasteiger partial charge in [0.2, 0.25) is 0 Å². The summed E-state index contributed by atoms with van der Waals surface area (Å²) in [5.74, 6) is 1.85. The minimum atomic E-state index is -0.538. The number of aromatic nitrogens is 5. The lowest BCUT2D eigenvalue weighted by molar-refractivity contribution is 0.0497. The number of ether oxygens (including phenoxy) is 1. The van der Waals surface area contributed by atoms with Crippen molar-refractivity contribution in [2.75, 3.05) is 29.4 Å². The summed E-state index contributed by atoms with van der Waals surface area (Å²) in [5, 5.41) is 2.94. The molecule has 200 valence electrons. The number of pyridine rings is 1. The lowest BCUT2D eigenvalue weighted by Crippen LogP contribution is -2.46. The number of hydrogen-bond donors (Lipinski definition) is 1. The number of fused-ring (bicyclic) bond motifs is 1. The van der Waals surface area contributed by atoms with Crippen molar-refractivity contribution in [2.45, 2.75) is 64.6 Å². The van der Waals surface area contributed by atoms with E-state index in [1.807, 2.05) is 27.0 Å². The average Bonchev–Trinajstić information content (AvgIpc) is 2.88. The number of carbonyl (C=O) groups excluding carboxylic acids is 1. The molecule has 1 atom stereocenters. The van der Waals surface area contributed by atoms with Crippen LogP contribution in [0.1, 0.15) is 57.8 Å². The largest absolute Gasteiger partial charge is 0.444 e. The minimum absolute atomic E-state index is 0.0129. The summed E-state index contributed by atoms with van der Waals surface area (Å²) in [6.45, 7) is 9.55. The van der Waals surface area contributed by atoms with E-state index in [4.69, 9.17) is 14.7 Å². The van der Waals surface area contributed by atoms with E-state index in [9.17, 15) is 9.18 Å². The Bertz CT molecular complexity index is 1290. The Hall–Kier alpha value is -3.89. The van der Waals surface area contributed by atoms with E-state index < -0.39 is 11.7 Å². The summed E-state index contributed by atoms with van der Waals surface area (Å²) >= 11 is 0. The molecule has 3 aromatic rings. The third-order valence-electron chi connectivity index (χ3n) is 6.77. The van der Waals surface area contributed by atoms with Crippen LogP contribution in [0.15, 0.2) is 36.8 Å². The zero-order chi connectivity index (χ0) is 26.9. The lowest BCUT2D eigenvalue weighted by Gasteiger charge is -2.37. The lowest BCUT2D eigenvalue weighted by atomic mass is 9.99. The second kappa shape index (κ2) is 10.5. The number of hydrogen-bond acceptors (Lipinski definition) is 9. The molecule has 0 bridgehead atoms. The number of amides is 1. The Morgan fingerprint density at radius 3 is 2.45 bits per heavy atom. The SMILES string of the molecule is CC1c2cnc(-c3ncccn3)nc2CCN1c1cc(F)cc(N2CCC(NC(=O)OC(C)(C)C)CC2)n1. The summed E-state index contributed by atoms with van der Waals surface area (Å²) in [4.78, 5) is 38.8. The van der Waals surface area contributed by atoms with Gasteiger partial charge < -0.3 is 19.9 Å². The van der Waals surface area contributed by atoms with E-state index >= 15 is 0 Å². The molecule has 0 aromatic carbocycles. The molecule has 1 N–H and O–H groups in total. The predicted octanol–water partition coefficient (Wildman–Crippen LogP) is 4.08. The second-order valence-corrected chi connectivity index (χ2v) is 10.7. The van der Waals surface area contributed by atoms with Gasteiger partial charge in [-0.15, -0.1) is 0 Å². The van der Waals surface area contributed by atoms with E-state index in [1.165, 1.54) is 12.1 Å². The molecular weight excluding hydrogens is 487 g/mol. The molecule has 3 aromatic heterocycles. The monoisotopic (exact) mass is 520 g/mol. The summed E-state index contributed by atoms with van der Waals surface area (Å²) in [6, 6.07) is 4.65. The first kappa shape index (κ1) is 25.7. The van der Waals surface area contributed by atoms with Gasteiger partial charge in [0, 0.05) is 68.4 Å². The summed E-state index contributed by atoms with van der Waals surface area (Å²) < 4.78 is 20.2. The number of rotatable bonds is 4. The van der Waals surface area contributed by atoms with Gasteiger partial charge >= 0.3 is 6.09 Å². The number of nitrogens with zero attached hydrogens (tertiary/aromatic N) is 7. The number of halogens is 1. The van der Waals surface area contributed by atoms with Gasteiger partial charge in [-0.1, -0.05) is 0 Å². The van der Waals surface area contributed by atoms with E-state index in [0.717, 1.165) is 24.1 Å². The normalized spacial score (nSPS) is 18.2. The first-order chi connectivity index (χ1) is 18.2. The fraction of sp³-hybridized carbons (Fsp3) is 0.481. The Balaban J connectivity index is 1.27. The van der Waals surface area contributed by atoms with Crippen molar-refractivity contribution < 1.29 is 13.9 Å². The third kappa shape index (κ3) is 5.81. The number of nitrogens with one attached hydrogen (secondary N) is 1. The van der Waals surface area contributed by atoms with E-state index in [-0.39, 0.29) is 17.9 Å². The topological polar surface area (TPSA) is 109 Å². The Kier molecular flexibility index (Phi) is 7.09. The highest BCUT2D eigenvalue weighted by molar-refractivity contribution is 5.68. The van der Waals surface area contributed by atoms with Crippen LogP contribution in [0.5, 0.6) is 0 Å². The van der Waals surface area contributed by atoms with Crippen LogP contribution in [0.3, 0.4) is 0 Å². The van der Waals surface area contributed by atoms with Crippen molar-refractivity contribution in [3.63, 3.8) is 0 Å². The van der Waals surface area contributed by atoms with Crippen LogP contribution in [0.2, 0.25) is 0 Å². The molecule has 10 nitrogen and oxygen atoms in total. The van der Waals surface area contributed by atoms with E-state index in [0.29, 0.717) is 49.3 Å². The van der Waals surface area contributed by atoms with Gasteiger partial charge in [-0.2, -0.15) is 0 Å². The van der Waals surface area contributed by atoms with Crippen molar-refractivity contribution in [3.05, 3.63) is 53.9 Å². The fourth-order valence-corrected chi connectivity index (χ4v) is 4.91. The molecule has 0 aliphatic carbocycles. The number of carbonyl (C=O) groups is 1. The molecule has 0 saturated carbocycles. The third-order valence-corrected chi connectivity index (χ3v) is 6.77. The molecule has 2 aliphatic heterocycles. The van der Waals surface area contributed by atoms with Gasteiger partial charge in [-0.25, -0.2) is 34.1 Å². The van der Waals surface area contributed by atoms with Crippen molar-refractivity contribution in [1.82, 2.24) is 30.2 Å². The molecule has 1 saturated heterocycles. The van der Waals surface area contributed by atoms with Gasteiger partial charge in [-0.3, -0.25) is 0 Å². The van der Waals surface area contributed by atoms with Crippen LogP contribution in [0, 0.1) is 5.82 Å². The highest BCUT2D eigenvalue weighted by atomic mass is 19.1. The number of piperidine rings is 1. The quantitative estimate of drug-likeness (QED) is 0.544. The highest BCUT2D eigenvalue weighted by Gasteiger charge is 2.29. The smallest absolute Gasteiger partial charge is 0.407 e. The minimum Gasteiger partial charge on any atom is -0.444 e. The first-order valence-corrected chi connectivity index (χ1v) is 13.0. The first-order valence-electron chi connectivity index (χ1n) is 13.0. The molecule has 5 rings (SSSR count). The van der Waals surface area contributed by atoms with E-state index in [2.05, 4.69) is 37.0 Å². The Morgan fingerprint density at radius 2 is 1.74 bits per heavy atom. The number of anilines is 2. The summed E-state index contributed by atoms with van der Waals surface area (Å²) in [6.07, 6.45) is 6.88. The van der Waals surface area contributed by atoms with Gasteiger partial charge in [0.15, 0.2) is 11.6 Å². The fourth-order valence-electron chi connectivity index (χ4n) is 4.91. The van der Waals surface area contributed by atoms with Crippen LogP contribution >= 0.6 is 0 Å². The molecule has 1 unspecified atom stereocenters. The molecule has 1 fully saturated rings. The van der Waals surface area contributed by atoms with Gasteiger partial charge in [0.25, 0.3) is 0 Å². The maximum absolute atomic E-state index is 14.8. The maximum atomic E-state index is 14.8. The Labute approximate surface area is 221 Å². The zero-order valence-electron chi connectivity index (χ0n) is 22.2. The zero-order valence-corrected chi connectivity index (χ0v) is 22.2. The van der Waals surface area contributed by atoms with Crippen LogP contribution in [-0.2, 0) is 11.2 Å². The van der Waals surface area contributed by atoms with Gasteiger partial charge in [0.05, 0.1) is 11.7 Å². The molecule has 0 radical (unpaired) electrons. The van der Waals surface area contributed by atoms with Crippen LogP contribution < -0.4 is 15.1 Å². The molecule has 1 amide bonds. The van der Waals surface area contributed by atoms with Crippen molar-refractivity contribution in [1.29, 1.82) is 0 Å². The Morgan fingerprint density at radius 1 is 1.03 bits per heavy atom. The molecule has 5 heterocycles. The molecule has 0 spiro atoms. The second-order valence-electron chi connectivity index (χ2n) is 10.7. The van der Waals surface area contributed by atoms with Crippen LogP contribution in [-0.4, -0.2) is 62.3 Å². The van der Waals surface area contributed by atoms with Crippen LogP contribution in [0.25, 0.3) is 11.6 Å².